The van der Waals surface area contributed by atoms with E-state index in [1.807, 2.05) is 0 Å². The molecule has 18 heavy (non-hydrogen) atoms. The highest BCUT2D eigenvalue weighted by Gasteiger charge is 2.43. The van der Waals surface area contributed by atoms with Crippen LogP contribution in [0.2, 0.25) is 0 Å². The zero-order chi connectivity index (χ0) is 12.8. The molecule has 0 aromatic heterocycles. The molecule has 0 bridgehead atoms. The van der Waals surface area contributed by atoms with Gasteiger partial charge in [0, 0.05) is 20.1 Å². The number of unbranched alkanes of at least 4 members (excludes halogenated alkanes) is 2. The van der Waals surface area contributed by atoms with Crippen LogP contribution in [0.5, 0.6) is 0 Å². The third kappa shape index (κ3) is 4.58. The Hall–Kier alpha value is -0.610. The number of hydrogen-bond donors (Lipinski definition) is 0. The van der Waals surface area contributed by atoms with E-state index in [9.17, 15) is 4.79 Å². The maximum Gasteiger partial charge on any atom is 0.305 e. The zero-order valence-corrected chi connectivity index (χ0v) is 11.2. The summed E-state index contributed by atoms with van der Waals surface area (Å²) in [6.45, 7) is 1.36. The maximum absolute atomic E-state index is 11.5. The summed E-state index contributed by atoms with van der Waals surface area (Å²) >= 11 is 0. The van der Waals surface area contributed by atoms with Crippen LogP contribution in [0.25, 0.3) is 0 Å². The van der Waals surface area contributed by atoms with E-state index in [0.717, 1.165) is 45.1 Å². The maximum atomic E-state index is 11.5. The molecule has 3 unspecified atom stereocenters. The summed E-state index contributed by atoms with van der Waals surface area (Å²) in [7, 11) is 1.70. The lowest BCUT2D eigenvalue weighted by atomic mass is 9.90. The summed E-state index contributed by atoms with van der Waals surface area (Å²) < 4.78 is 15.8. The van der Waals surface area contributed by atoms with E-state index in [0.29, 0.717) is 31.2 Å². The Labute approximate surface area is 109 Å². The van der Waals surface area contributed by atoms with E-state index in [-0.39, 0.29) is 5.97 Å². The average molecular weight is 256 g/mol. The number of epoxide rings is 1. The van der Waals surface area contributed by atoms with Crippen LogP contribution >= 0.6 is 0 Å². The fourth-order valence-corrected chi connectivity index (χ4v) is 2.61. The van der Waals surface area contributed by atoms with E-state index >= 15 is 0 Å². The second-order valence-corrected chi connectivity index (χ2v) is 5.38. The van der Waals surface area contributed by atoms with Gasteiger partial charge in [0.1, 0.15) is 0 Å². The van der Waals surface area contributed by atoms with Crippen molar-refractivity contribution < 1.29 is 19.0 Å². The summed E-state index contributed by atoms with van der Waals surface area (Å²) in [5.41, 5.74) is 0. The van der Waals surface area contributed by atoms with Gasteiger partial charge in [-0.1, -0.05) is 6.42 Å². The van der Waals surface area contributed by atoms with Crippen molar-refractivity contribution in [3.05, 3.63) is 0 Å². The molecular formula is C14H24O4. The minimum absolute atomic E-state index is 0.0498. The Morgan fingerprint density at radius 3 is 2.89 bits per heavy atom. The molecule has 0 aromatic rings. The van der Waals surface area contributed by atoms with E-state index < -0.39 is 0 Å². The summed E-state index contributed by atoms with van der Waals surface area (Å²) in [4.78, 5) is 11.5. The van der Waals surface area contributed by atoms with Crippen molar-refractivity contribution in [2.75, 3.05) is 20.3 Å². The monoisotopic (exact) mass is 256 g/mol. The molecule has 0 spiro atoms. The quantitative estimate of drug-likeness (QED) is 0.380. The normalized spacial score (nSPS) is 29.7. The van der Waals surface area contributed by atoms with Crippen LogP contribution in [-0.2, 0) is 19.0 Å². The Morgan fingerprint density at radius 2 is 2.11 bits per heavy atom. The molecule has 1 heterocycles. The number of ether oxygens (including phenoxy) is 3. The number of rotatable bonds is 8. The molecule has 2 rings (SSSR count). The lowest BCUT2D eigenvalue weighted by Gasteiger charge is -2.18. The molecule has 2 aliphatic rings. The van der Waals surface area contributed by atoms with Crippen molar-refractivity contribution in [2.45, 2.75) is 57.2 Å². The second-order valence-electron chi connectivity index (χ2n) is 5.38. The van der Waals surface area contributed by atoms with Gasteiger partial charge < -0.3 is 14.2 Å². The molecule has 0 radical (unpaired) electrons. The summed E-state index contributed by atoms with van der Waals surface area (Å²) in [5, 5.41) is 0. The Balaban J connectivity index is 1.46. The van der Waals surface area contributed by atoms with Crippen LogP contribution in [0.3, 0.4) is 0 Å². The molecule has 1 saturated carbocycles. The Bertz CT molecular complexity index is 267. The van der Waals surface area contributed by atoms with Gasteiger partial charge in [0.05, 0.1) is 18.8 Å². The molecule has 0 aromatic carbocycles. The van der Waals surface area contributed by atoms with Gasteiger partial charge in [-0.15, -0.1) is 0 Å². The molecule has 4 nitrogen and oxygen atoms in total. The first kappa shape index (κ1) is 13.8. The number of esters is 1. The van der Waals surface area contributed by atoms with Crippen molar-refractivity contribution in [1.29, 1.82) is 0 Å². The molecule has 0 N–H and O–H groups in total. The van der Waals surface area contributed by atoms with E-state index in [1.165, 1.54) is 0 Å². The standard InChI is InChI=1S/C14H24O4/c1-16-8-4-2-3-5-14(15)17-10-11-6-7-12-13(9-11)18-12/h11-13H,2-10H2,1H3. The summed E-state index contributed by atoms with van der Waals surface area (Å²) in [6, 6.07) is 0. The molecule has 0 amide bonds. The predicted molar refractivity (Wildman–Crippen MR) is 67.3 cm³/mol. The number of methoxy groups -OCH3 is 1. The Kier molecular flexibility index (Phi) is 5.45. The predicted octanol–water partition coefficient (Wildman–Crippen LogP) is 2.30. The topological polar surface area (TPSA) is 48.1 Å². The lowest BCUT2D eigenvalue weighted by molar-refractivity contribution is -0.145. The third-order valence-corrected chi connectivity index (χ3v) is 3.82. The largest absolute Gasteiger partial charge is 0.465 e. The van der Waals surface area contributed by atoms with Crippen molar-refractivity contribution in [3.63, 3.8) is 0 Å². The van der Waals surface area contributed by atoms with Gasteiger partial charge in [0.15, 0.2) is 0 Å². The molecule has 104 valence electrons. The van der Waals surface area contributed by atoms with Crippen LogP contribution < -0.4 is 0 Å². The fraction of sp³-hybridized carbons (Fsp3) is 0.929. The average Bonchev–Trinajstić information content (AvgIpc) is 3.14. The molecule has 1 aliphatic carbocycles. The highest BCUT2D eigenvalue weighted by molar-refractivity contribution is 5.69. The first-order valence-corrected chi connectivity index (χ1v) is 7.09. The number of carbonyl (C=O) groups excluding carboxylic acids is 1. The fourth-order valence-electron chi connectivity index (χ4n) is 2.61. The van der Waals surface area contributed by atoms with Crippen molar-refractivity contribution in [2.24, 2.45) is 5.92 Å². The molecule has 2 fully saturated rings. The highest BCUT2D eigenvalue weighted by Crippen LogP contribution is 2.39. The third-order valence-electron chi connectivity index (χ3n) is 3.82. The van der Waals surface area contributed by atoms with Crippen LogP contribution in [-0.4, -0.2) is 38.5 Å². The first-order chi connectivity index (χ1) is 8.79. The van der Waals surface area contributed by atoms with Crippen LogP contribution in [0, 0.1) is 5.92 Å². The van der Waals surface area contributed by atoms with Gasteiger partial charge in [-0.05, 0) is 38.0 Å². The number of carbonyl (C=O) groups is 1. The highest BCUT2D eigenvalue weighted by atomic mass is 16.6. The van der Waals surface area contributed by atoms with Gasteiger partial charge in [-0.25, -0.2) is 0 Å². The van der Waals surface area contributed by atoms with Gasteiger partial charge >= 0.3 is 5.97 Å². The van der Waals surface area contributed by atoms with Crippen LogP contribution in [0.1, 0.15) is 44.9 Å². The minimum Gasteiger partial charge on any atom is -0.465 e. The van der Waals surface area contributed by atoms with Crippen molar-refractivity contribution in [1.82, 2.24) is 0 Å². The molecule has 1 aliphatic heterocycles. The summed E-state index contributed by atoms with van der Waals surface area (Å²) in [5.74, 6) is 0.470. The second kappa shape index (κ2) is 7.10. The van der Waals surface area contributed by atoms with Crippen molar-refractivity contribution >= 4 is 5.97 Å². The lowest BCUT2D eigenvalue weighted by Crippen LogP contribution is -2.20. The number of hydrogen-bond acceptors (Lipinski definition) is 4. The van der Waals surface area contributed by atoms with E-state index in [2.05, 4.69) is 0 Å². The van der Waals surface area contributed by atoms with Crippen LogP contribution in [0.15, 0.2) is 0 Å². The molecular weight excluding hydrogens is 232 g/mol. The first-order valence-electron chi connectivity index (χ1n) is 7.09. The zero-order valence-electron chi connectivity index (χ0n) is 11.2. The summed E-state index contributed by atoms with van der Waals surface area (Å²) in [6.07, 6.45) is 7.85. The molecule has 3 atom stereocenters. The molecule has 4 heteroatoms. The van der Waals surface area contributed by atoms with Gasteiger partial charge in [0.2, 0.25) is 0 Å². The SMILES string of the molecule is COCCCCCC(=O)OCC1CCC2OC2C1. The van der Waals surface area contributed by atoms with Crippen molar-refractivity contribution in [3.8, 4) is 0 Å². The smallest absolute Gasteiger partial charge is 0.305 e. The number of fused-ring (bicyclic) bond motifs is 1. The molecule has 1 saturated heterocycles. The minimum atomic E-state index is -0.0498. The van der Waals surface area contributed by atoms with E-state index in [1.54, 1.807) is 7.11 Å². The van der Waals surface area contributed by atoms with E-state index in [4.69, 9.17) is 14.2 Å². The van der Waals surface area contributed by atoms with Gasteiger partial charge in [-0.3, -0.25) is 4.79 Å². The van der Waals surface area contributed by atoms with Gasteiger partial charge in [0.25, 0.3) is 0 Å². The van der Waals surface area contributed by atoms with Crippen LogP contribution in [0.4, 0.5) is 0 Å². The Morgan fingerprint density at radius 1 is 1.22 bits per heavy atom. The van der Waals surface area contributed by atoms with Gasteiger partial charge in [-0.2, -0.15) is 0 Å².